The maximum absolute atomic E-state index is 13.5. The zero-order valence-corrected chi connectivity index (χ0v) is 21.0. The second-order valence-corrected chi connectivity index (χ2v) is 9.45. The number of benzene rings is 3. The Morgan fingerprint density at radius 2 is 1.79 bits per heavy atom. The van der Waals surface area contributed by atoms with Crippen molar-refractivity contribution >= 4 is 62.2 Å². The monoisotopic (exact) mass is 561 g/mol. The van der Waals surface area contributed by atoms with Crippen LogP contribution in [0.1, 0.15) is 18.1 Å². The van der Waals surface area contributed by atoms with Crippen LogP contribution >= 0.6 is 39.3 Å². The molecule has 174 valence electrons. The first-order valence-electron chi connectivity index (χ1n) is 10.2. The molecule has 0 unspecified atom stereocenters. The van der Waals surface area contributed by atoms with Gasteiger partial charge >= 0.3 is 0 Å². The number of anilines is 1. The highest BCUT2D eigenvalue weighted by Crippen LogP contribution is 2.40. The average molecular weight is 563 g/mol. The van der Waals surface area contributed by atoms with Crippen LogP contribution in [-0.2, 0) is 11.4 Å². The van der Waals surface area contributed by atoms with Gasteiger partial charge in [0.2, 0.25) is 0 Å². The SMILES string of the molecule is CCOc1cc(/C=C2/SC(=O)N(c3ccc(Cl)cc3)C2=O)c(Br)cc1OCc1cccc(F)c1. The fraction of sp³-hybridized carbons (Fsp3) is 0.120. The Bertz CT molecular complexity index is 1280. The smallest absolute Gasteiger partial charge is 0.298 e. The highest BCUT2D eigenvalue weighted by Gasteiger charge is 2.36. The van der Waals surface area contributed by atoms with E-state index < -0.39 is 11.1 Å². The summed E-state index contributed by atoms with van der Waals surface area (Å²) in [5, 5.41) is 0.119. The molecule has 0 aliphatic carbocycles. The first-order chi connectivity index (χ1) is 16.4. The lowest BCUT2D eigenvalue weighted by atomic mass is 10.1. The van der Waals surface area contributed by atoms with E-state index in [0.29, 0.717) is 44.4 Å². The van der Waals surface area contributed by atoms with Gasteiger partial charge in [-0.1, -0.05) is 39.7 Å². The minimum atomic E-state index is -0.423. The molecule has 3 aromatic carbocycles. The van der Waals surface area contributed by atoms with Gasteiger partial charge in [-0.05, 0) is 84.4 Å². The van der Waals surface area contributed by atoms with E-state index in [1.54, 1.807) is 54.6 Å². The van der Waals surface area contributed by atoms with Crippen molar-refractivity contribution in [2.45, 2.75) is 13.5 Å². The third-order valence-corrected chi connectivity index (χ3v) is 6.62. The van der Waals surface area contributed by atoms with Gasteiger partial charge in [-0.25, -0.2) is 9.29 Å². The molecule has 4 rings (SSSR count). The Balaban J connectivity index is 1.60. The van der Waals surface area contributed by atoms with E-state index in [4.69, 9.17) is 21.1 Å². The van der Waals surface area contributed by atoms with Crippen LogP contribution in [0.4, 0.5) is 14.9 Å². The van der Waals surface area contributed by atoms with E-state index in [2.05, 4.69) is 15.9 Å². The molecule has 1 aliphatic rings. The molecule has 0 spiro atoms. The number of halogens is 3. The number of imide groups is 1. The molecule has 9 heteroatoms. The van der Waals surface area contributed by atoms with E-state index in [0.717, 1.165) is 16.7 Å². The standard InChI is InChI=1S/C25H18BrClFNO4S/c1-2-32-21-11-16(20(26)13-22(21)33-14-15-4-3-5-18(28)10-15)12-23-24(30)29(25(31)34-23)19-8-6-17(27)7-9-19/h3-13H,2,14H2,1H3/b23-12+. The fourth-order valence-electron chi connectivity index (χ4n) is 3.25. The van der Waals surface area contributed by atoms with Crippen LogP contribution in [0, 0.1) is 5.82 Å². The van der Waals surface area contributed by atoms with Gasteiger partial charge in [-0.2, -0.15) is 0 Å². The molecule has 1 heterocycles. The maximum atomic E-state index is 13.5. The van der Waals surface area contributed by atoms with Crippen molar-refractivity contribution in [2.24, 2.45) is 0 Å². The fourth-order valence-corrected chi connectivity index (χ4v) is 4.65. The molecule has 3 aromatic rings. The summed E-state index contributed by atoms with van der Waals surface area (Å²) >= 11 is 10.3. The Morgan fingerprint density at radius 3 is 2.50 bits per heavy atom. The van der Waals surface area contributed by atoms with Crippen molar-refractivity contribution in [3.8, 4) is 11.5 Å². The summed E-state index contributed by atoms with van der Waals surface area (Å²) in [5.41, 5.74) is 1.77. The van der Waals surface area contributed by atoms with Crippen LogP contribution in [-0.4, -0.2) is 17.8 Å². The number of carbonyl (C=O) groups is 2. The number of rotatable bonds is 7. The molecule has 0 atom stereocenters. The van der Waals surface area contributed by atoms with Crippen molar-refractivity contribution < 1.29 is 23.5 Å². The molecule has 5 nitrogen and oxygen atoms in total. The van der Waals surface area contributed by atoms with E-state index in [1.807, 2.05) is 6.92 Å². The molecule has 0 saturated carbocycles. The number of nitrogens with zero attached hydrogens (tertiary/aromatic N) is 1. The highest BCUT2D eigenvalue weighted by atomic mass is 79.9. The van der Waals surface area contributed by atoms with E-state index in [1.165, 1.54) is 12.1 Å². The van der Waals surface area contributed by atoms with Crippen LogP contribution in [0.25, 0.3) is 6.08 Å². The van der Waals surface area contributed by atoms with Gasteiger partial charge in [0.15, 0.2) is 11.5 Å². The van der Waals surface area contributed by atoms with Crippen LogP contribution in [0.15, 0.2) is 70.0 Å². The van der Waals surface area contributed by atoms with E-state index >= 15 is 0 Å². The summed E-state index contributed by atoms with van der Waals surface area (Å²) in [6, 6.07) is 16.1. The second-order valence-electron chi connectivity index (χ2n) is 7.17. The summed E-state index contributed by atoms with van der Waals surface area (Å²) in [4.78, 5) is 26.9. The first-order valence-corrected chi connectivity index (χ1v) is 12.2. The van der Waals surface area contributed by atoms with Gasteiger partial charge in [0.05, 0.1) is 17.2 Å². The summed E-state index contributed by atoms with van der Waals surface area (Å²) < 4.78 is 25.7. The third-order valence-electron chi connectivity index (χ3n) is 4.81. The summed E-state index contributed by atoms with van der Waals surface area (Å²) in [5.74, 6) is 0.165. The minimum absolute atomic E-state index is 0.156. The molecule has 0 aromatic heterocycles. The van der Waals surface area contributed by atoms with Gasteiger partial charge in [0.25, 0.3) is 11.1 Å². The molecule has 0 radical (unpaired) electrons. The highest BCUT2D eigenvalue weighted by molar-refractivity contribution is 9.10. The Kier molecular flexibility index (Phi) is 7.60. The average Bonchev–Trinajstić information content (AvgIpc) is 3.08. The van der Waals surface area contributed by atoms with Gasteiger partial charge in [-0.3, -0.25) is 9.59 Å². The van der Waals surface area contributed by atoms with Gasteiger partial charge in [0.1, 0.15) is 12.4 Å². The predicted molar refractivity (Wildman–Crippen MR) is 136 cm³/mol. The topological polar surface area (TPSA) is 55.8 Å². The second kappa shape index (κ2) is 10.6. The zero-order valence-electron chi connectivity index (χ0n) is 17.9. The molecule has 1 aliphatic heterocycles. The third kappa shape index (κ3) is 5.46. The molecular formula is C25H18BrClFNO4S. The molecular weight excluding hydrogens is 545 g/mol. The van der Waals surface area contributed by atoms with Crippen LogP contribution in [0.3, 0.4) is 0 Å². The minimum Gasteiger partial charge on any atom is -0.490 e. The number of thioether (sulfide) groups is 1. The number of amides is 2. The van der Waals surface area contributed by atoms with Crippen molar-refractivity contribution in [2.75, 3.05) is 11.5 Å². The van der Waals surface area contributed by atoms with Crippen molar-refractivity contribution in [3.63, 3.8) is 0 Å². The van der Waals surface area contributed by atoms with E-state index in [9.17, 15) is 14.0 Å². The molecule has 34 heavy (non-hydrogen) atoms. The molecule has 0 bridgehead atoms. The number of carbonyl (C=O) groups excluding carboxylic acids is 2. The summed E-state index contributed by atoms with van der Waals surface area (Å²) in [6.45, 7) is 2.39. The Hall–Kier alpha value is -2.81. The number of hydrogen-bond donors (Lipinski definition) is 0. The summed E-state index contributed by atoms with van der Waals surface area (Å²) in [6.07, 6.45) is 1.63. The van der Waals surface area contributed by atoms with Crippen LogP contribution in [0.5, 0.6) is 11.5 Å². The predicted octanol–water partition coefficient (Wildman–Crippen LogP) is 7.46. The van der Waals surface area contributed by atoms with E-state index in [-0.39, 0.29) is 17.3 Å². The normalized spacial score (nSPS) is 14.7. The maximum Gasteiger partial charge on any atom is 0.298 e. The first kappa shape index (κ1) is 24.3. The molecule has 1 fully saturated rings. The molecule has 0 N–H and O–H groups in total. The van der Waals surface area contributed by atoms with Crippen molar-refractivity contribution in [1.29, 1.82) is 0 Å². The Labute approximate surface area is 213 Å². The van der Waals surface area contributed by atoms with Crippen molar-refractivity contribution in [1.82, 2.24) is 0 Å². The van der Waals surface area contributed by atoms with Gasteiger partial charge in [0, 0.05) is 9.50 Å². The quantitative estimate of drug-likeness (QED) is 0.280. The zero-order chi connectivity index (χ0) is 24.2. The molecule has 2 amide bonds. The largest absolute Gasteiger partial charge is 0.490 e. The van der Waals surface area contributed by atoms with Crippen LogP contribution in [0.2, 0.25) is 5.02 Å². The Morgan fingerprint density at radius 1 is 1.06 bits per heavy atom. The van der Waals surface area contributed by atoms with Gasteiger partial charge in [-0.15, -0.1) is 0 Å². The molecule has 1 saturated heterocycles. The van der Waals surface area contributed by atoms with Gasteiger partial charge < -0.3 is 9.47 Å². The van der Waals surface area contributed by atoms with Crippen LogP contribution < -0.4 is 14.4 Å². The number of hydrogen-bond acceptors (Lipinski definition) is 5. The lowest BCUT2D eigenvalue weighted by Gasteiger charge is -2.14. The summed E-state index contributed by atoms with van der Waals surface area (Å²) in [7, 11) is 0. The van der Waals surface area contributed by atoms with Crippen molar-refractivity contribution in [3.05, 3.63) is 92.0 Å². The lowest BCUT2D eigenvalue weighted by Crippen LogP contribution is -2.27. The lowest BCUT2D eigenvalue weighted by molar-refractivity contribution is -0.113. The number of ether oxygens (including phenoxy) is 2.